The van der Waals surface area contributed by atoms with Gasteiger partial charge >= 0.3 is 35.7 Å². The predicted octanol–water partition coefficient (Wildman–Crippen LogP) is -2.22. The Bertz CT molecular complexity index is 376. The molecule has 1 rings (SSSR count). The molecule has 0 aromatic heterocycles. The summed E-state index contributed by atoms with van der Waals surface area (Å²) in [5.74, 6) is -2.61. The molecule has 0 aliphatic heterocycles. The van der Waals surface area contributed by atoms with Crippen molar-refractivity contribution in [1.82, 2.24) is 0 Å². The van der Waals surface area contributed by atoms with Gasteiger partial charge in [-0.05, 0) is 18.2 Å². The first-order valence-electron chi connectivity index (χ1n) is 3.44. The Balaban J connectivity index is 0.00000196. The summed E-state index contributed by atoms with van der Waals surface area (Å²) in [4.78, 5) is 10.3. The quantitative estimate of drug-likeness (QED) is 0.554. The Morgan fingerprint density at radius 3 is 2.27 bits per heavy atom. The molecule has 0 atom stereocenters. The minimum atomic E-state index is -4.64. The van der Waals surface area contributed by atoms with Crippen molar-refractivity contribution in [3.05, 3.63) is 29.3 Å². The molecule has 15 heavy (non-hydrogen) atoms. The van der Waals surface area contributed by atoms with Gasteiger partial charge in [0.1, 0.15) is 5.75 Å². The van der Waals surface area contributed by atoms with E-state index in [0.29, 0.717) is 18.2 Å². The molecular formula is C8H4F3NaO3. The van der Waals surface area contributed by atoms with Crippen LogP contribution >= 0.6 is 0 Å². The standard InChI is InChI=1S/C8H5F3O3.Na/c9-8(10,11)4-1-2-6(12)5(3-4)7(13)14;/h1-3,12H,(H,13,14);/q;+1/p-1. The van der Waals surface area contributed by atoms with Crippen LogP contribution in [0.25, 0.3) is 0 Å². The number of carbonyl (C=O) groups excluding carboxylic acids is 1. The number of carbonyl (C=O) groups is 1. The van der Waals surface area contributed by atoms with Gasteiger partial charge in [0.25, 0.3) is 0 Å². The Morgan fingerprint density at radius 2 is 1.87 bits per heavy atom. The molecule has 3 nitrogen and oxygen atoms in total. The van der Waals surface area contributed by atoms with E-state index in [9.17, 15) is 23.1 Å². The maximum atomic E-state index is 12.1. The maximum Gasteiger partial charge on any atom is 1.00 e. The summed E-state index contributed by atoms with van der Waals surface area (Å²) in [5.41, 5.74) is -2.02. The van der Waals surface area contributed by atoms with E-state index >= 15 is 0 Å². The fourth-order valence-electron chi connectivity index (χ4n) is 0.876. The van der Waals surface area contributed by atoms with E-state index in [-0.39, 0.29) is 29.6 Å². The van der Waals surface area contributed by atoms with E-state index in [2.05, 4.69) is 0 Å². The van der Waals surface area contributed by atoms with Crippen molar-refractivity contribution >= 4 is 5.97 Å². The molecule has 0 aliphatic rings. The van der Waals surface area contributed by atoms with Crippen LogP contribution in [0.5, 0.6) is 5.75 Å². The smallest absolute Gasteiger partial charge is 0.545 e. The number of alkyl halides is 3. The fourth-order valence-corrected chi connectivity index (χ4v) is 0.876. The number of benzene rings is 1. The summed E-state index contributed by atoms with van der Waals surface area (Å²) in [6, 6.07) is 1.57. The molecule has 0 aliphatic carbocycles. The van der Waals surface area contributed by atoms with Crippen molar-refractivity contribution in [3.8, 4) is 5.75 Å². The minimum Gasteiger partial charge on any atom is -0.545 e. The molecule has 0 spiro atoms. The predicted molar refractivity (Wildman–Crippen MR) is 37.4 cm³/mol. The van der Waals surface area contributed by atoms with Crippen molar-refractivity contribution in [3.63, 3.8) is 0 Å². The van der Waals surface area contributed by atoms with Gasteiger partial charge in [0.05, 0.1) is 11.5 Å². The number of halogens is 3. The van der Waals surface area contributed by atoms with Gasteiger partial charge in [-0.2, -0.15) is 13.2 Å². The summed E-state index contributed by atoms with van der Waals surface area (Å²) in [7, 11) is 0. The summed E-state index contributed by atoms with van der Waals surface area (Å²) in [6.07, 6.45) is -4.64. The molecular weight excluding hydrogens is 224 g/mol. The van der Waals surface area contributed by atoms with E-state index in [1.807, 2.05) is 0 Å². The molecule has 0 amide bonds. The van der Waals surface area contributed by atoms with Gasteiger partial charge in [-0.1, -0.05) is 0 Å². The van der Waals surface area contributed by atoms with Crippen LogP contribution in [0.4, 0.5) is 13.2 Å². The van der Waals surface area contributed by atoms with Gasteiger partial charge in [-0.25, -0.2) is 0 Å². The zero-order chi connectivity index (χ0) is 10.9. The van der Waals surface area contributed by atoms with Gasteiger partial charge in [0.15, 0.2) is 0 Å². The first kappa shape index (κ1) is 14.3. The van der Waals surface area contributed by atoms with Crippen molar-refractivity contribution in [2.75, 3.05) is 0 Å². The average Bonchev–Trinajstić information content (AvgIpc) is 2.02. The van der Waals surface area contributed by atoms with Gasteiger partial charge in [-0.15, -0.1) is 0 Å². The first-order valence-corrected chi connectivity index (χ1v) is 3.44. The number of carboxylic acid groups (broad SMARTS) is 1. The first-order chi connectivity index (χ1) is 6.32. The summed E-state index contributed by atoms with van der Waals surface area (Å²) >= 11 is 0. The summed E-state index contributed by atoms with van der Waals surface area (Å²) < 4.78 is 36.2. The van der Waals surface area contributed by atoms with Crippen LogP contribution in [0.1, 0.15) is 15.9 Å². The van der Waals surface area contributed by atoms with Gasteiger partial charge in [0.2, 0.25) is 0 Å². The molecule has 76 valence electrons. The number of phenols is 1. The zero-order valence-corrected chi connectivity index (χ0v) is 9.63. The molecule has 0 saturated carbocycles. The fraction of sp³-hybridized carbons (Fsp3) is 0.125. The molecule has 1 N–H and O–H groups in total. The van der Waals surface area contributed by atoms with Crippen molar-refractivity contribution in [2.45, 2.75) is 6.18 Å². The number of hydrogen-bond acceptors (Lipinski definition) is 3. The van der Waals surface area contributed by atoms with Gasteiger partial charge in [0, 0.05) is 5.56 Å². The Kier molecular flexibility index (Phi) is 4.64. The zero-order valence-electron chi connectivity index (χ0n) is 7.63. The van der Waals surface area contributed by atoms with Gasteiger partial charge < -0.3 is 15.0 Å². The van der Waals surface area contributed by atoms with Crippen molar-refractivity contribution in [1.29, 1.82) is 0 Å². The van der Waals surface area contributed by atoms with E-state index in [1.54, 1.807) is 0 Å². The van der Waals surface area contributed by atoms with Crippen LogP contribution in [0, 0.1) is 0 Å². The van der Waals surface area contributed by atoms with Crippen molar-refractivity contribution < 1.29 is 57.7 Å². The number of rotatable bonds is 1. The SMILES string of the molecule is O=C([O-])c1cc(C(F)(F)F)ccc1O.[Na+]. The normalized spacial score (nSPS) is 10.6. The van der Waals surface area contributed by atoms with Crippen molar-refractivity contribution in [2.24, 2.45) is 0 Å². The number of carboxylic acids is 1. The average molecular weight is 228 g/mol. The van der Waals surface area contributed by atoms with Crippen LogP contribution in [-0.4, -0.2) is 11.1 Å². The third-order valence-electron chi connectivity index (χ3n) is 1.54. The second-order valence-corrected chi connectivity index (χ2v) is 2.52. The van der Waals surface area contributed by atoms with E-state index in [1.165, 1.54) is 0 Å². The van der Waals surface area contributed by atoms with Gasteiger partial charge in [-0.3, -0.25) is 0 Å². The van der Waals surface area contributed by atoms with E-state index < -0.39 is 29.0 Å². The Morgan fingerprint density at radius 1 is 1.33 bits per heavy atom. The number of hydrogen-bond donors (Lipinski definition) is 1. The van der Waals surface area contributed by atoms with Crippen LogP contribution < -0.4 is 34.7 Å². The van der Waals surface area contributed by atoms with Crippen LogP contribution in [0.15, 0.2) is 18.2 Å². The molecule has 1 aromatic rings. The topological polar surface area (TPSA) is 60.4 Å². The molecule has 0 heterocycles. The third kappa shape index (κ3) is 3.40. The number of aromatic carboxylic acids is 1. The maximum absolute atomic E-state index is 12.1. The monoisotopic (exact) mass is 228 g/mol. The van der Waals surface area contributed by atoms with Crippen LogP contribution in [0.3, 0.4) is 0 Å². The summed E-state index contributed by atoms with van der Waals surface area (Å²) in [6.45, 7) is 0. The molecule has 0 radical (unpaired) electrons. The molecule has 0 saturated heterocycles. The minimum absolute atomic E-state index is 0. The molecule has 7 heteroatoms. The van der Waals surface area contributed by atoms with Crippen LogP contribution in [0.2, 0.25) is 0 Å². The van der Waals surface area contributed by atoms with E-state index in [0.717, 1.165) is 0 Å². The third-order valence-corrected chi connectivity index (χ3v) is 1.54. The second-order valence-electron chi connectivity index (χ2n) is 2.52. The van der Waals surface area contributed by atoms with Crippen LogP contribution in [-0.2, 0) is 6.18 Å². The second kappa shape index (κ2) is 4.87. The molecule has 0 unspecified atom stereocenters. The molecule has 0 fully saturated rings. The Labute approximate surface area is 105 Å². The largest absolute Gasteiger partial charge is 1.00 e. The molecule has 0 bridgehead atoms. The Hall–Kier alpha value is -0.720. The van der Waals surface area contributed by atoms with E-state index in [4.69, 9.17) is 5.11 Å². The molecule has 1 aromatic carbocycles. The number of aromatic hydroxyl groups is 1. The summed E-state index contributed by atoms with van der Waals surface area (Å²) in [5, 5.41) is 19.1.